The zero-order valence-corrected chi connectivity index (χ0v) is 19.3. The Balaban J connectivity index is 1.34. The van der Waals surface area contributed by atoms with Gasteiger partial charge >= 0.3 is 0 Å². The Morgan fingerprint density at radius 1 is 0.970 bits per heavy atom. The summed E-state index contributed by atoms with van der Waals surface area (Å²) in [7, 11) is -2.09. The fourth-order valence-electron chi connectivity index (χ4n) is 4.43. The molecular formula is C23H26N4O5S. The lowest BCUT2D eigenvalue weighted by molar-refractivity contribution is 0.0784. The Morgan fingerprint density at radius 3 is 2.33 bits per heavy atom. The van der Waals surface area contributed by atoms with Gasteiger partial charge in [-0.1, -0.05) is 5.16 Å². The normalized spacial score (nSPS) is 17.6. The molecule has 0 aliphatic carbocycles. The van der Waals surface area contributed by atoms with Crippen molar-refractivity contribution in [1.82, 2.24) is 14.4 Å². The summed E-state index contributed by atoms with van der Waals surface area (Å²) in [4.78, 5) is 16.9. The Labute approximate surface area is 192 Å². The predicted octanol–water partition coefficient (Wildman–Crippen LogP) is 2.58. The molecule has 1 aromatic heterocycles. The molecule has 3 heterocycles. The zero-order chi connectivity index (χ0) is 23.0. The van der Waals surface area contributed by atoms with Crippen molar-refractivity contribution in [2.45, 2.75) is 17.7 Å². The fourth-order valence-corrected chi connectivity index (χ4v) is 5.88. The molecule has 10 heteroatoms. The molecule has 0 bridgehead atoms. The first-order valence-electron chi connectivity index (χ1n) is 11.1. The van der Waals surface area contributed by atoms with Gasteiger partial charge in [0.1, 0.15) is 5.75 Å². The van der Waals surface area contributed by atoms with Crippen LogP contribution in [0.2, 0.25) is 0 Å². The number of sulfonamides is 1. The average Bonchev–Trinajstić information content (AvgIpc) is 3.54. The molecule has 0 atom stereocenters. The highest BCUT2D eigenvalue weighted by Gasteiger charge is 2.30. The van der Waals surface area contributed by atoms with Crippen LogP contribution in [0, 0.1) is 0 Å². The highest BCUT2D eigenvalue weighted by Crippen LogP contribution is 2.28. The van der Waals surface area contributed by atoms with Gasteiger partial charge in [0.05, 0.1) is 17.4 Å². The summed E-state index contributed by atoms with van der Waals surface area (Å²) in [5, 5.41) is 4.38. The number of fused-ring (bicyclic) bond motifs is 1. The van der Waals surface area contributed by atoms with Crippen LogP contribution in [0.4, 0.5) is 5.69 Å². The van der Waals surface area contributed by atoms with E-state index in [9.17, 15) is 13.2 Å². The quantitative estimate of drug-likeness (QED) is 0.565. The molecule has 2 aliphatic heterocycles. The number of anilines is 1. The smallest absolute Gasteiger partial charge is 0.276 e. The molecule has 0 unspecified atom stereocenters. The van der Waals surface area contributed by atoms with Crippen LogP contribution in [0.3, 0.4) is 0 Å². The summed E-state index contributed by atoms with van der Waals surface area (Å²) in [6.45, 7) is 3.28. The Hall–Kier alpha value is -3.11. The van der Waals surface area contributed by atoms with Crippen LogP contribution in [0.1, 0.15) is 23.3 Å². The SMILES string of the molecule is COc1ccc(N2CCN(S(=O)(=O)c3ccc4onc(C(=O)N5CCCC5)c4c3)CC2)cc1. The Morgan fingerprint density at radius 2 is 1.67 bits per heavy atom. The Kier molecular flexibility index (Phi) is 5.71. The number of likely N-dealkylation sites (tertiary alicyclic amines) is 1. The molecule has 9 nitrogen and oxygen atoms in total. The van der Waals surface area contributed by atoms with Gasteiger partial charge in [0.15, 0.2) is 11.3 Å². The minimum Gasteiger partial charge on any atom is -0.497 e. The second kappa shape index (κ2) is 8.68. The molecule has 2 saturated heterocycles. The number of hydrogen-bond donors (Lipinski definition) is 0. The summed E-state index contributed by atoms with van der Waals surface area (Å²) in [6, 6.07) is 12.3. The number of amides is 1. The first-order chi connectivity index (χ1) is 16.0. The van der Waals surface area contributed by atoms with Gasteiger partial charge in [-0.05, 0) is 55.3 Å². The number of benzene rings is 2. The lowest BCUT2D eigenvalue weighted by atomic mass is 10.2. The lowest BCUT2D eigenvalue weighted by Crippen LogP contribution is -2.48. The van der Waals surface area contributed by atoms with Crippen LogP contribution in [0.25, 0.3) is 11.0 Å². The molecule has 0 radical (unpaired) electrons. The second-order valence-corrected chi connectivity index (χ2v) is 10.2. The van der Waals surface area contributed by atoms with E-state index in [0.717, 1.165) is 24.3 Å². The van der Waals surface area contributed by atoms with E-state index in [-0.39, 0.29) is 16.5 Å². The van der Waals surface area contributed by atoms with Crippen molar-refractivity contribution in [3.63, 3.8) is 0 Å². The molecule has 5 rings (SSSR count). The van der Waals surface area contributed by atoms with Gasteiger partial charge in [0, 0.05) is 45.0 Å². The minimum atomic E-state index is -3.72. The number of aromatic nitrogens is 1. The molecule has 174 valence electrons. The minimum absolute atomic E-state index is 0.145. The van der Waals surface area contributed by atoms with Gasteiger partial charge in [-0.3, -0.25) is 4.79 Å². The molecular weight excluding hydrogens is 444 g/mol. The number of ether oxygens (including phenoxy) is 1. The number of carbonyl (C=O) groups excluding carboxylic acids is 1. The molecule has 0 saturated carbocycles. The van der Waals surface area contributed by atoms with Gasteiger partial charge < -0.3 is 19.1 Å². The first-order valence-corrected chi connectivity index (χ1v) is 12.5. The van der Waals surface area contributed by atoms with Crippen LogP contribution in [-0.4, -0.2) is 75.1 Å². The molecule has 0 N–H and O–H groups in total. The highest BCUT2D eigenvalue weighted by atomic mass is 32.2. The number of carbonyl (C=O) groups is 1. The second-order valence-electron chi connectivity index (χ2n) is 8.28. The monoisotopic (exact) mass is 470 g/mol. The summed E-state index contributed by atoms with van der Waals surface area (Å²) in [5.74, 6) is 0.570. The lowest BCUT2D eigenvalue weighted by Gasteiger charge is -2.35. The molecule has 2 aliphatic rings. The molecule has 33 heavy (non-hydrogen) atoms. The van der Waals surface area contributed by atoms with E-state index in [4.69, 9.17) is 9.26 Å². The maximum Gasteiger partial charge on any atom is 0.276 e. The third kappa shape index (κ3) is 4.04. The van der Waals surface area contributed by atoms with E-state index in [0.29, 0.717) is 50.2 Å². The van der Waals surface area contributed by atoms with E-state index >= 15 is 0 Å². The van der Waals surface area contributed by atoms with E-state index in [2.05, 4.69) is 10.1 Å². The van der Waals surface area contributed by atoms with Crippen molar-refractivity contribution in [2.75, 3.05) is 51.3 Å². The van der Waals surface area contributed by atoms with Crippen LogP contribution in [0.5, 0.6) is 5.75 Å². The number of methoxy groups -OCH3 is 1. The van der Waals surface area contributed by atoms with E-state index < -0.39 is 10.0 Å². The van der Waals surface area contributed by atoms with E-state index in [1.807, 2.05) is 24.3 Å². The third-order valence-corrected chi connectivity index (χ3v) is 8.25. The summed E-state index contributed by atoms with van der Waals surface area (Å²) < 4.78 is 38.7. The van der Waals surface area contributed by atoms with Crippen LogP contribution < -0.4 is 9.64 Å². The van der Waals surface area contributed by atoms with Crippen molar-refractivity contribution in [2.24, 2.45) is 0 Å². The predicted molar refractivity (Wildman–Crippen MR) is 123 cm³/mol. The van der Waals surface area contributed by atoms with Gasteiger partial charge in [-0.15, -0.1) is 0 Å². The van der Waals surface area contributed by atoms with Gasteiger partial charge in [0.25, 0.3) is 5.91 Å². The maximum absolute atomic E-state index is 13.4. The van der Waals surface area contributed by atoms with Crippen LogP contribution in [0.15, 0.2) is 51.9 Å². The number of nitrogens with zero attached hydrogens (tertiary/aromatic N) is 4. The highest BCUT2D eigenvalue weighted by molar-refractivity contribution is 7.89. The van der Waals surface area contributed by atoms with E-state index in [1.54, 1.807) is 18.1 Å². The van der Waals surface area contributed by atoms with Crippen LogP contribution >= 0.6 is 0 Å². The largest absolute Gasteiger partial charge is 0.497 e. The topological polar surface area (TPSA) is 96.2 Å². The number of piperazine rings is 1. The zero-order valence-electron chi connectivity index (χ0n) is 18.4. The van der Waals surface area contributed by atoms with Crippen molar-refractivity contribution < 1.29 is 22.5 Å². The molecule has 0 spiro atoms. The molecule has 1 amide bonds. The summed E-state index contributed by atoms with van der Waals surface area (Å²) in [5.41, 5.74) is 1.61. The van der Waals surface area contributed by atoms with Gasteiger partial charge in [-0.2, -0.15) is 4.31 Å². The molecule has 3 aromatic rings. The third-order valence-electron chi connectivity index (χ3n) is 6.35. The first kappa shape index (κ1) is 21.7. The summed E-state index contributed by atoms with van der Waals surface area (Å²) >= 11 is 0. The molecule has 2 aromatic carbocycles. The van der Waals surface area contributed by atoms with E-state index in [1.165, 1.54) is 16.4 Å². The number of rotatable bonds is 5. The van der Waals surface area contributed by atoms with Crippen LogP contribution in [-0.2, 0) is 10.0 Å². The standard InChI is InChI=1S/C23H26N4O5S/c1-31-18-6-4-17(5-7-18)25-12-14-27(15-13-25)33(29,30)19-8-9-21-20(16-19)22(24-32-21)23(28)26-10-2-3-11-26/h4-9,16H,2-3,10-15H2,1H3. The fraction of sp³-hybridized carbons (Fsp3) is 0.391. The van der Waals surface area contributed by atoms with Gasteiger partial charge in [-0.25, -0.2) is 8.42 Å². The van der Waals surface area contributed by atoms with Gasteiger partial charge in [0.2, 0.25) is 10.0 Å². The maximum atomic E-state index is 13.4. The van der Waals surface area contributed by atoms with Crippen molar-refractivity contribution in [3.05, 3.63) is 48.2 Å². The van der Waals surface area contributed by atoms with Crippen molar-refractivity contribution >= 4 is 32.6 Å². The molecule has 2 fully saturated rings. The van der Waals surface area contributed by atoms with Crippen molar-refractivity contribution in [3.8, 4) is 5.75 Å². The number of hydrogen-bond acceptors (Lipinski definition) is 7. The Bertz CT molecular complexity index is 1260. The van der Waals surface area contributed by atoms with Crippen molar-refractivity contribution in [1.29, 1.82) is 0 Å². The summed E-state index contributed by atoms with van der Waals surface area (Å²) in [6.07, 6.45) is 1.92. The average molecular weight is 471 g/mol.